The molecule has 0 saturated carbocycles. The van der Waals surface area contributed by atoms with Crippen molar-refractivity contribution in [3.63, 3.8) is 0 Å². The van der Waals surface area contributed by atoms with Gasteiger partial charge in [-0.05, 0) is 24.5 Å². The average Bonchev–Trinajstić information content (AvgIpc) is 3.00. The molecule has 2 aliphatic heterocycles. The van der Waals surface area contributed by atoms with Crippen LogP contribution in [0.15, 0.2) is 43.1 Å². The van der Waals surface area contributed by atoms with E-state index < -0.39 is 0 Å². The molecule has 1 amide bonds. The SMILES string of the molecule is O=C1[C@@H]2CN(Cc3ccccn3)C[C@H]2CCN1c1cncnc1. The summed E-state index contributed by atoms with van der Waals surface area (Å²) in [5.74, 6) is 0.735. The topological polar surface area (TPSA) is 62.2 Å². The summed E-state index contributed by atoms with van der Waals surface area (Å²) in [4.78, 5) is 29.5. The van der Waals surface area contributed by atoms with E-state index in [1.165, 1.54) is 6.33 Å². The molecule has 0 aromatic carbocycles. The lowest BCUT2D eigenvalue weighted by atomic mass is 9.88. The van der Waals surface area contributed by atoms with Crippen LogP contribution in [0.2, 0.25) is 0 Å². The molecule has 0 bridgehead atoms. The first-order valence-corrected chi connectivity index (χ1v) is 8.00. The van der Waals surface area contributed by atoms with Crippen LogP contribution in [0.4, 0.5) is 5.69 Å². The Balaban J connectivity index is 1.46. The summed E-state index contributed by atoms with van der Waals surface area (Å²) >= 11 is 0. The first-order chi connectivity index (χ1) is 11.3. The van der Waals surface area contributed by atoms with E-state index in [1.807, 2.05) is 29.3 Å². The molecule has 4 heterocycles. The minimum absolute atomic E-state index is 0.0765. The zero-order chi connectivity index (χ0) is 15.6. The summed E-state index contributed by atoms with van der Waals surface area (Å²) in [6, 6.07) is 5.97. The third kappa shape index (κ3) is 2.82. The Hall–Kier alpha value is -2.34. The molecule has 4 rings (SSSR count). The van der Waals surface area contributed by atoms with E-state index in [9.17, 15) is 4.79 Å². The van der Waals surface area contributed by atoms with Crippen molar-refractivity contribution < 1.29 is 4.79 Å². The van der Waals surface area contributed by atoms with Crippen LogP contribution in [0.1, 0.15) is 12.1 Å². The van der Waals surface area contributed by atoms with E-state index in [-0.39, 0.29) is 11.8 Å². The zero-order valence-electron chi connectivity index (χ0n) is 12.9. The van der Waals surface area contributed by atoms with E-state index in [0.29, 0.717) is 5.92 Å². The van der Waals surface area contributed by atoms with E-state index >= 15 is 0 Å². The van der Waals surface area contributed by atoms with Gasteiger partial charge in [0.2, 0.25) is 5.91 Å². The Kier molecular flexibility index (Phi) is 3.75. The molecule has 23 heavy (non-hydrogen) atoms. The summed E-state index contributed by atoms with van der Waals surface area (Å²) in [6.45, 7) is 3.36. The van der Waals surface area contributed by atoms with E-state index in [2.05, 4.69) is 19.9 Å². The number of carbonyl (C=O) groups excluding carboxylic acids is 1. The Morgan fingerprint density at radius 1 is 1.17 bits per heavy atom. The van der Waals surface area contributed by atoms with Crippen molar-refractivity contribution in [3.05, 3.63) is 48.8 Å². The lowest BCUT2D eigenvalue weighted by Gasteiger charge is -2.33. The lowest BCUT2D eigenvalue weighted by molar-refractivity contribution is -0.124. The molecule has 0 aliphatic carbocycles. The van der Waals surface area contributed by atoms with E-state index in [0.717, 1.165) is 44.0 Å². The second-order valence-electron chi connectivity index (χ2n) is 6.26. The quantitative estimate of drug-likeness (QED) is 0.856. The highest BCUT2D eigenvalue weighted by Crippen LogP contribution is 2.34. The summed E-state index contributed by atoms with van der Waals surface area (Å²) in [6.07, 6.45) is 7.77. The van der Waals surface area contributed by atoms with Crippen molar-refractivity contribution in [2.75, 3.05) is 24.5 Å². The zero-order valence-corrected chi connectivity index (χ0v) is 12.9. The van der Waals surface area contributed by atoms with E-state index in [4.69, 9.17) is 0 Å². The lowest BCUT2D eigenvalue weighted by Crippen LogP contribution is -2.45. The second kappa shape index (κ2) is 6.04. The van der Waals surface area contributed by atoms with Gasteiger partial charge in [-0.2, -0.15) is 0 Å². The number of pyridine rings is 1. The smallest absolute Gasteiger partial charge is 0.231 e. The first kappa shape index (κ1) is 14.3. The summed E-state index contributed by atoms with van der Waals surface area (Å²) in [7, 11) is 0. The minimum Gasteiger partial charge on any atom is -0.309 e. The number of rotatable bonds is 3. The molecule has 0 spiro atoms. The molecular weight excluding hydrogens is 290 g/mol. The van der Waals surface area contributed by atoms with Crippen LogP contribution in [0.5, 0.6) is 0 Å². The average molecular weight is 309 g/mol. The molecule has 2 saturated heterocycles. The van der Waals surface area contributed by atoms with Gasteiger partial charge >= 0.3 is 0 Å². The molecule has 6 nitrogen and oxygen atoms in total. The number of amides is 1. The van der Waals surface area contributed by atoms with Gasteiger partial charge in [-0.1, -0.05) is 6.07 Å². The van der Waals surface area contributed by atoms with Crippen LogP contribution >= 0.6 is 0 Å². The molecule has 118 valence electrons. The molecule has 2 atom stereocenters. The number of carbonyl (C=O) groups is 1. The third-order valence-electron chi connectivity index (χ3n) is 4.79. The number of nitrogens with zero attached hydrogens (tertiary/aromatic N) is 5. The van der Waals surface area contributed by atoms with Crippen molar-refractivity contribution in [1.82, 2.24) is 19.9 Å². The fourth-order valence-electron chi connectivity index (χ4n) is 3.67. The minimum atomic E-state index is 0.0765. The van der Waals surface area contributed by atoms with Gasteiger partial charge in [-0.15, -0.1) is 0 Å². The predicted molar refractivity (Wildman–Crippen MR) is 85.5 cm³/mol. The monoisotopic (exact) mass is 309 g/mol. The second-order valence-corrected chi connectivity index (χ2v) is 6.26. The molecule has 0 N–H and O–H groups in total. The number of anilines is 1. The number of aromatic nitrogens is 3. The van der Waals surface area contributed by atoms with Crippen LogP contribution in [-0.4, -0.2) is 45.4 Å². The maximum absolute atomic E-state index is 12.8. The molecule has 2 aromatic heterocycles. The van der Waals surface area contributed by atoms with Crippen molar-refractivity contribution in [2.45, 2.75) is 13.0 Å². The first-order valence-electron chi connectivity index (χ1n) is 8.00. The maximum atomic E-state index is 12.8. The van der Waals surface area contributed by atoms with Crippen molar-refractivity contribution in [2.24, 2.45) is 11.8 Å². The van der Waals surface area contributed by atoms with Gasteiger partial charge in [0.1, 0.15) is 6.33 Å². The van der Waals surface area contributed by atoms with Crippen LogP contribution in [-0.2, 0) is 11.3 Å². The molecule has 0 unspecified atom stereocenters. The van der Waals surface area contributed by atoms with Crippen LogP contribution in [0.3, 0.4) is 0 Å². The van der Waals surface area contributed by atoms with Crippen molar-refractivity contribution in [1.29, 1.82) is 0 Å². The highest BCUT2D eigenvalue weighted by molar-refractivity contribution is 5.96. The molecule has 2 aromatic rings. The molecule has 2 fully saturated rings. The standard InChI is InChI=1S/C17H19N5O/c23-17-16-11-21(10-14-3-1-2-5-20-14)9-13(16)4-6-22(17)15-7-18-12-19-8-15/h1-3,5,7-8,12-13,16H,4,6,9-11H2/t13-,16-/m1/s1. The number of hydrogen-bond donors (Lipinski definition) is 0. The number of likely N-dealkylation sites (tertiary alicyclic amines) is 1. The third-order valence-corrected chi connectivity index (χ3v) is 4.79. The summed E-state index contributed by atoms with van der Waals surface area (Å²) in [5, 5.41) is 0. The Labute approximate surface area is 135 Å². The summed E-state index contributed by atoms with van der Waals surface area (Å²) in [5.41, 5.74) is 1.87. The normalized spacial score (nSPS) is 24.7. The van der Waals surface area contributed by atoms with Crippen LogP contribution in [0.25, 0.3) is 0 Å². The van der Waals surface area contributed by atoms with Crippen LogP contribution in [0, 0.1) is 11.8 Å². The van der Waals surface area contributed by atoms with Gasteiger partial charge in [-0.25, -0.2) is 9.97 Å². The fourth-order valence-corrected chi connectivity index (χ4v) is 3.67. The molecule has 2 aliphatic rings. The predicted octanol–water partition coefficient (Wildman–Crippen LogP) is 1.36. The van der Waals surface area contributed by atoms with Gasteiger partial charge < -0.3 is 4.90 Å². The van der Waals surface area contributed by atoms with Gasteiger partial charge in [-0.3, -0.25) is 14.7 Å². The maximum Gasteiger partial charge on any atom is 0.231 e. The highest BCUT2D eigenvalue weighted by Gasteiger charge is 2.43. The van der Waals surface area contributed by atoms with Crippen molar-refractivity contribution in [3.8, 4) is 0 Å². The largest absolute Gasteiger partial charge is 0.309 e. The Morgan fingerprint density at radius 2 is 2.04 bits per heavy atom. The Bertz CT molecular complexity index is 678. The highest BCUT2D eigenvalue weighted by atomic mass is 16.2. The van der Waals surface area contributed by atoms with Gasteiger partial charge in [0.25, 0.3) is 0 Å². The fraction of sp³-hybridized carbons (Fsp3) is 0.412. The van der Waals surface area contributed by atoms with Crippen molar-refractivity contribution >= 4 is 11.6 Å². The van der Waals surface area contributed by atoms with Gasteiger partial charge in [0.15, 0.2) is 0 Å². The van der Waals surface area contributed by atoms with E-state index in [1.54, 1.807) is 12.4 Å². The number of piperidine rings is 1. The molecular formula is C17H19N5O. The van der Waals surface area contributed by atoms with Crippen LogP contribution < -0.4 is 4.90 Å². The number of fused-ring (bicyclic) bond motifs is 1. The molecule has 6 heteroatoms. The van der Waals surface area contributed by atoms with Gasteiger partial charge in [0.05, 0.1) is 29.7 Å². The summed E-state index contributed by atoms with van der Waals surface area (Å²) < 4.78 is 0. The molecule has 0 radical (unpaired) electrons. The Morgan fingerprint density at radius 3 is 2.83 bits per heavy atom. The number of hydrogen-bond acceptors (Lipinski definition) is 5. The van der Waals surface area contributed by atoms with Gasteiger partial charge in [0, 0.05) is 32.4 Å².